The molecule has 2 atom stereocenters. The van der Waals surface area contributed by atoms with Gasteiger partial charge in [0.15, 0.2) is 5.78 Å². The van der Waals surface area contributed by atoms with Gasteiger partial charge in [-0.1, -0.05) is 61.2 Å². The van der Waals surface area contributed by atoms with Crippen molar-refractivity contribution >= 4 is 23.4 Å². The minimum absolute atomic E-state index is 0.127. The molecule has 0 N–H and O–H groups in total. The van der Waals surface area contributed by atoms with E-state index in [9.17, 15) is 9.59 Å². The zero-order valence-corrected chi connectivity index (χ0v) is 13.3. The van der Waals surface area contributed by atoms with E-state index in [2.05, 4.69) is 6.58 Å². The number of hydrogen-bond donors (Lipinski definition) is 0. The molecule has 0 heterocycles. The number of benzene rings is 2. The second-order valence-corrected chi connectivity index (χ2v) is 6.11. The molecule has 118 valence electrons. The monoisotopic (exact) mass is 316 g/mol. The summed E-state index contributed by atoms with van der Waals surface area (Å²) in [5.41, 5.74) is 2.94. The fourth-order valence-electron chi connectivity index (χ4n) is 4.11. The maximum Gasteiger partial charge on any atom is 0.314 e. The first-order valence-electron chi connectivity index (χ1n) is 7.81. The van der Waals surface area contributed by atoms with Crippen molar-refractivity contribution in [2.45, 2.75) is 11.3 Å². The molecule has 0 saturated carbocycles. The first kappa shape index (κ1) is 14.6. The fraction of sp³-hybridized carbons (Fsp3) is 0.143. The molecule has 1 spiro atoms. The van der Waals surface area contributed by atoms with Crippen LogP contribution in [0.1, 0.15) is 28.2 Å². The Bertz CT molecular complexity index is 922. The topological polar surface area (TPSA) is 43.4 Å². The maximum atomic E-state index is 13.1. The lowest BCUT2D eigenvalue weighted by molar-refractivity contribution is -0.145. The molecule has 0 bridgehead atoms. The highest BCUT2D eigenvalue weighted by Crippen LogP contribution is 2.58. The van der Waals surface area contributed by atoms with Crippen LogP contribution in [0.25, 0.3) is 11.6 Å². The van der Waals surface area contributed by atoms with E-state index in [0.717, 1.165) is 22.3 Å². The minimum atomic E-state index is -1.12. The van der Waals surface area contributed by atoms with Crippen LogP contribution in [0.5, 0.6) is 0 Å². The van der Waals surface area contributed by atoms with Crippen LogP contribution in [-0.4, -0.2) is 18.9 Å². The molecule has 0 radical (unpaired) electrons. The molecule has 3 nitrogen and oxygen atoms in total. The first-order valence-corrected chi connectivity index (χ1v) is 7.81. The van der Waals surface area contributed by atoms with Gasteiger partial charge in [0, 0.05) is 0 Å². The third-order valence-corrected chi connectivity index (χ3v) is 5.13. The van der Waals surface area contributed by atoms with Gasteiger partial charge in [-0.05, 0) is 33.9 Å². The number of hydrogen-bond acceptors (Lipinski definition) is 3. The number of carbonyl (C=O) groups is 2. The van der Waals surface area contributed by atoms with Crippen LogP contribution in [0.3, 0.4) is 0 Å². The molecule has 0 saturated heterocycles. The van der Waals surface area contributed by atoms with Crippen LogP contribution in [-0.2, 0) is 19.7 Å². The predicted octanol–water partition coefficient (Wildman–Crippen LogP) is 3.50. The van der Waals surface area contributed by atoms with E-state index in [1.165, 1.54) is 7.11 Å². The highest BCUT2D eigenvalue weighted by Gasteiger charge is 2.59. The third-order valence-electron chi connectivity index (χ3n) is 5.13. The van der Waals surface area contributed by atoms with Crippen molar-refractivity contribution in [3.05, 3.63) is 83.4 Å². The average Bonchev–Trinajstić information content (AvgIpc) is 2.88. The molecule has 4 rings (SSSR count). The molecule has 0 aromatic heterocycles. The Hall–Kier alpha value is -2.94. The molecule has 2 aromatic rings. The Kier molecular flexibility index (Phi) is 3.07. The second-order valence-electron chi connectivity index (χ2n) is 6.11. The molecule has 0 amide bonds. The van der Waals surface area contributed by atoms with Gasteiger partial charge in [0.05, 0.1) is 7.11 Å². The maximum absolute atomic E-state index is 13.1. The molecule has 0 aliphatic heterocycles. The summed E-state index contributed by atoms with van der Waals surface area (Å²) in [5.74, 6) is -1.26. The Morgan fingerprint density at radius 1 is 1.08 bits per heavy atom. The van der Waals surface area contributed by atoms with Gasteiger partial charge in [-0.3, -0.25) is 9.59 Å². The molecular weight excluding hydrogens is 300 g/mol. The summed E-state index contributed by atoms with van der Waals surface area (Å²) in [5, 5.41) is 0. The fourth-order valence-corrected chi connectivity index (χ4v) is 4.11. The van der Waals surface area contributed by atoms with Gasteiger partial charge in [-0.25, -0.2) is 0 Å². The Labute approximate surface area is 140 Å². The summed E-state index contributed by atoms with van der Waals surface area (Å²) in [7, 11) is 1.36. The number of ether oxygens (including phenoxy) is 1. The lowest BCUT2D eigenvalue weighted by Gasteiger charge is -2.36. The van der Waals surface area contributed by atoms with E-state index < -0.39 is 17.3 Å². The highest BCUT2D eigenvalue weighted by molar-refractivity contribution is 6.19. The van der Waals surface area contributed by atoms with Gasteiger partial charge in [-0.15, -0.1) is 0 Å². The summed E-state index contributed by atoms with van der Waals surface area (Å²) in [4.78, 5) is 25.8. The number of esters is 1. The van der Waals surface area contributed by atoms with E-state index in [1.807, 2.05) is 48.5 Å². The van der Waals surface area contributed by atoms with Crippen LogP contribution < -0.4 is 0 Å². The summed E-state index contributed by atoms with van der Waals surface area (Å²) >= 11 is 0. The number of methoxy groups -OCH3 is 1. The molecule has 3 heteroatoms. The molecule has 2 aliphatic carbocycles. The number of rotatable bonds is 1. The Morgan fingerprint density at radius 2 is 1.79 bits per heavy atom. The molecule has 0 fully saturated rings. The molecular formula is C21H16O3. The summed E-state index contributed by atoms with van der Waals surface area (Å²) in [6.45, 7) is 4.23. The summed E-state index contributed by atoms with van der Waals surface area (Å²) in [6, 6.07) is 15.2. The third kappa shape index (κ3) is 1.61. The van der Waals surface area contributed by atoms with E-state index in [4.69, 9.17) is 4.74 Å². The quantitative estimate of drug-likeness (QED) is 0.756. The Balaban J connectivity index is 2.10. The van der Waals surface area contributed by atoms with Gasteiger partial charge >= 0.3 is 5.97 Å². The van der Waals surface area contributed by atoms with Gasteiger partial charge in [0.25, 0.3) is 0 Å². The van der Waals surface area contributed by atoms with Crippen molar-refractivity contribution < 1.29 is 14.3 Å². The molecule has 2 aromatic carbocycles. The van der Waals surface area contributed by atoms with Crippen LogP contribution in [0.2, 0.25) is 0 Å². The molecule has 2 aliphatic rings. The number of allylic oxidation sites excluding steroid dienone is 2. The van der Waals surface area contributed by atoms with Crippen molar-refractivity contribution in [2.24, 2.45) is 0 Å². The van der Waals surface area contributed by atoms with Gasteiger partial charge in [0.1, 0.15) is 11.3 Å². The van der Waals surface area contributed by atoms with Crippen LogP contribution in [0, 0.1) is 0 Å². The Morgan fingerprint density at radius 3 is 2.58 bits per heavy atom. The van der Waals surface area contributed by atoms with Crippen molar-refractivity contribution in [1.29, 1.82) is 0 Å². The standard InChI is InChI=1S/C21H16O3/c1-13-15-8-4-5-9-16(15)19(20(23)24-2)21(13)17-10-6-3-7-14(17)11-12-18(21)22/h3-12,19H,1H2,2H3/t19-,21-/m0/s1. The van der Waals surface area contributed by atoms with Crippen molar-refractivity contribution in [3.8, 4) is 0 Å². The molecule has 0 unspecified atom stereocenters. The van der Waals surface area contributed by atoms with E-state index >= 15 is 0 Å². The predicted molar refractivity (Wildman–Crippen MR) is 92.4 cm³/mol. The van der Waals surface area contributed by atoms with Gasteiger partial charge < -0.3 is 4.74 Å². The first-order chi connectivity index (χ1) is 11.6. The lowest BCUT2D eigenvalue weighted by atomic mass is 9.62. The minimum Gasteiger partial charge on any atom is -0.469 e. The SMILES string of the molecule is C=C1c2ccccc2[C@@H](C(=O)OC)[C@@]12C(=O)C=Cc1ccccc12. The number of fused-ring (bicyclic) bond motifs is 3. The van der Waals surface area contributed by atoms with Crippen LogP contribution in [0.4, 0.5) is 0 Å². The molecule has 24 heavy (non-hydrogen) atoms. The number of carbonyl (C=O) groups excluding carboxylic acids is 2. The highest BCUT2D eigenvalue weighted by atomic mass is 16.5. The van der Waals surface area contributed by atoms with Crippen molar-refractivity contribution in [2.75, 3.05) is 7.11 Å². The second kappa shape index (κ2) is 5.03. The smallest absolute Gasteiger partial charge is 0.314 e. The largest absolute Gasteiger partial charge is 0.469 e. The van der Waals surface area contributed by atoms with Crippen LogP contribution in [0.15, 0.2) is 61.2 Å². The lowest BCUT2D eigenvalue weighted by Crippen LogP contribution is -2.43. The zero-order chi connectivity index (χ0) is 16.9. The van der Waals surface area contributed by atoms with E-state index in [1.54, 1.807) is 12.2 Å². The summed E-state index contributed by atoms with van der Waals surface area (Å²) in [6.07, 6.45) is 3.35. The van der Waals surface area contributed by atoms with Gasteiger partial charge in [-0.2, -0.15) is 0 Å². The normalized spacial score (nSPS) is 24.0. The average molecular weight is 316 g/mol. The zero-order valence-electron chi connectivity index (χ0n) is 13.3. The van der Waals surface area contributed by atoms with Crippen molar-refractivity contribution in [3.63, 3.8) is 0 Å². The van der Waals surface area contributed by atoms with E-state index in [-0.39, 0.29) is 5.78 Å². The van der Waals surface area contributed by atoms with Gasteiger partial charge in [0.2, 0.25) is 0 Å². The number of ketones is 1. The van der Waals surface area contributed by atoms with Crippen LogP contribution >= 0.6 is 0 Å². The van der Waals surface area contributed by atoms with Crippen molar-refractivity contribution in [1.82, 2.24) is 0 Å². The van der Waals surface area contributed by atoms with E-state index in [0.29, 0.717) is 5.57 Å². The summed E-state index contributed by atoms with van der Waals surface area (Å²) < 4.78 is 5.07.